The van der Waals surface area contributed by atoms with E-state index in [1.54, 1.807) is 12.5 Å². The zero-order valence-corrected chi connectivity index (χ0v) is 12.3. The maximum atomic E-state index is 6.34. The molecule has 1 unspecified atom stereocenters. The van der Waals surface area contributed by atoms with E-state index in [2.05, 4.69) is 41.0 Å². The summed E-state index contributed by atoms with van der Waals surface area (Å²) in [5, 5.41) is 5.36. The summed E-state index contributed by atoms with van der Waals surface area (Å²) >= 11 is 0. The molecule has 0 spiro atoms. The molecule has 5 heteroatoms. The van der Waals surface area contributed by atoms with Crippen LogP contribution in [0.4, 0.5) is 0 Å². The van der Waals surface area contributed by atoms with Crippen molar-refractivity contribution in [3.63, 3.8) is 0 Å². The third kappa shape index (κ3) is 2.78. The van der Waals surface area contributed by atoms with Crippen LogP contribution in [-0.2, 0) is 6.42 Å². The monoisotopic (exact) mass is 281 g/mol. The largest absolute Gasteiger partial charge is 0.324 e. The van der Waals surface area contributed by atoms with Gasteiger partial charge in [-0.3, -0.25) is 4.98 Å². The molecule has 1 aromatic carbocycles. The van der Waals surface area contributed by atoms with Crippen molar-refractivity contribution < 1.29 is 0 Å². The van der Waals surface area contributed by atoms with Crippen molar-refractivity contribution in [2.45, 2.75) is 32.4 Å². The lowest BCUT2D eigenvalue weighted by Crippen LogP contribution is -2.18. The van der Waals surface area contributed by atoms with Gasteiger partial charge >= 0.3 is 0 Å². The number of hydrogen-bond donors (Lipinski definition) is 1. The molecule has 2 aromatic heterocycles. The Balaban J connectivity index is 1.86. The minimum atomic E-state index is -0.101. The molecule has 3 rings (SSSR count). The van der Waals surface area contributed by atoms with Crippen molar-refractivity contribution in [1.82, 2.24) is 19.7 Å². The number of aromatic nitrogens is 4. The number of hydrogen-bond acceptors (Lipinski definition) is 4. The smallest absolute Gasteiger partial charge is 0.138 e. The van der Waals surface area contributed by atoms with Crippen LogP contribution in [0.5, 0.6) is 0 Å². The Bertz CT molecular complexity index is 747. The summed E-state index contributed by atoms with van der Waals surface area (Å²) in [6.07, 6.45) is 4.06. The minimum absolute atomic E-state index is 0.101. The van der Waals surface area contributed by atoms with Gasteiger partial charge in [0.1, 0.15) is 12.2 Å². The highest BCUT2D eigenvalue weighted by Gasteiger charge is 2.14. The highest BCUT2D eigenvalue weighted by Crippen LogP contribution is 2.20. The Morgan fingerprint density at radius 1 is 1.19 bits per heavy atom. The molecule has 0 aliphatic rings. The maximum absolute atomic E-state index is 6.34. The van der Waals surface area contributed by atoms with Gasteiger partial charge in [0.2, 0.25) is 0 Å². The molecule has 0 aliphatic carbocycles. The van der Waals surface area contributed by atoms with Crippen molar-refractivity contribution in [2.24, 2.45) is 5.73 Å². The molecular formula is C16H19N5. The normalized spacial score (nSPS) is 13.0. The summed E-state index contributed by atoms with van der Waals surface area (Å²) in [7, 11) is 0. The molecule has 2 heterocycles. The Kier molecular flexibility index (Phi) is 3.66. The summed E-state index contributed by atoms with van der Waals surface area (Å²) in [6.45, 7) is 4.18. The number of rotatable bonds is 4. The van der Waals surface area contributed by atoms with Gasteiger partial charge in [0.05, 0.1) is 5.52 Å². The lowest BCUT2D eigenvalue weighted by Gasteiger charge is -2.14. The summed E-state index contributed by atoms with van der Waals surface area (Å²) in [4.78, 5) is 8.65. The third-order valence-electron chi connectivity index (χ3n) is 3.59. The van der Waals surface area contributed by atoms with Crippen LogP contribution in [0, 0.1) is 0 Å². The summed E-state index contributed by atoms with van der Waals surface area (Å²) < 4.78 is 1.92. The first-order valence-electron chi connectivity index (χ1n) is 7.14. The molecule has 0 fully saturated rings. The second-order valence-corrected chi connectivity index (χ2v) is 5.48. The molecular weight excluding hydrogens is 262 g/mol. The van der Waals surface area contributed by atoms with Gasteiger partial charge in [-0.15, -0.1) is 0 Å². The number of pyridine rings is 1. The van der Waals surface area contributed by atoms with Crippen molar-refractivity contribution in [3.8, 4) is 0 Å². The van der Waals surface area contributed by atoms with Crippen LogP contribution in [0.1, 0.15) is 37.3 Å². The van der Waals surface area contributed by atoms with Crippen LogP contribution in [0.2, 0.25) is 0 Å². The molecule has 0 aliphatic heterocycles. The number of benzene rings is 1. The van der Waals surface area contributed by atoms with Crippen LogP contribution >= 0.6 is 0 Å². The van der Waals surface area contributed by atoms with Gasteiger partial charge in [-0.05, 0) is 37.6 Å². The second kappa shape index (κ2) is 5.61. The first-order valence-corrected chi connectivity index (χ1v) is 7.14. The molecule has 5 nitrogen and oxygen atoms in total. The molecule has 0 saturated heterocycles. The molecule has 3 aromatic rings. The van der Waals surface area contributed by atoms with Crippen molar-refractivity contribution in [3.05, 3.63) is 54.2 Å². The topological polar surface area (TPSA) is 69.6 Å². The van der Waals surface area contributed by atoms with Gasteiger partial charge in [-0.2, -0.15) is 5.10 Å². The zero-order chi connectivity index (χ0) is 14.8. The van der Waals surface area contributed by atoms with Crippen molar-refractivity contribution in [1.29, 1.82) is 0 Å². The lowest BCUT2D eigenvalue weighted by atomic mass is 10.0. The average molecular weight is 281 g/mol. The fraction of sp³-hybridized carbons (Fsp3) is 0.312. The third-order valence-corrected chi connectivity index (χ3v) is 3.59. The maximum Gasteiger partial charge on any atom is 0.138 e. The molecule has 0 amide bonds. The van der Waals surface area contributed by atoms with Gasteiger partial charge in [-0.1, -0.05) is 12.1 Å². The van der Waals surface area contributed by atoms with Gasteiger partial charge in [-0.25, -0.2) is 9.67 Å². The fourth-order valence-corrected chi connectivity index (χ4v) is 2.49. The average Bonchev–Trinajstić information content (AvgIpc) is 2.95. The molecule has 108 valence electrons. The summed E-state index contributed by atoms with van der Waals surface area (Å²) in [5.74, 6) is 0.920. The van der Waals surface area contributed by atoms with E-state index in [4.69, 9.17) is 5.73 Å². The van der Waals surface area contributed by atoms with Gasteiger partial charge < -0.3 is 5.73 Å². The fourth-order valence-electron chi connectivity index (χ4n) is 2.49. The standard InChI is InChI=1S/C16H19N5/c1-11(2)21-16(19-10-20-21)9-14(17)12-5-6-15-13(8-12)4-3-7-18-15/h3-8,10-11,14H,9,17H2,1-2H3. The molecule has 1 atom stereocenters. The van der Waals surface area contributed by atoms with E-state index in [0.717, 1.165) is 22.3 Å². The Morgan fingerprint density at radius 2 is 2.05 bits per heavy atom. The predicted octanol–water partition coefficient (Wildman–Crippen LogP) is 2.65. The van der Waals surface area contributed by atoms with Crippen LogP contribution in [-0.4, -0.2) is 19.7 Å². The Morgan fingerprint density at radius 3 is 2.86 bits per heavy atom. The number of nitrogens with two attached hydrogens (primary N) is 1. The number of nitrogens with zero attached hydrogens (tertiary/aromatic N) is 4. The first kappa shape index (κ1) is 13.7. The highest BCUT2D eigenvalue weighted by molar-refractivity contribution is 5.79. The molecule has 0 radical (unpaired) electrons. The first-order chi connectivity index (χ1) is 10.1. The molecule has 21 heavy (non-hydrogen) atoms. The molecule has 2 N–H and O–H groups in total. The molecule has 0 saturated carbocycles. The van der Waals surface area contributed by atoms with Gasteiger partial charge in [0.25, 0.3) is 0 Å². The van der Waals surface area contributed by atoms with E-state index in [0.29, 0.717) is 6.42 Å². The SMILES string of the molecule is CC(C)n1ncnc1CC(N)c1ccc2ncccc2c1. The summed E-state index contributed by atoms with van der Waals surface area (Å²) in [6, 6.07) is 10.3. The van der Waals surface area contributed by atoms with Crippen molar-refractivity contribution in [2.75, 3.05) is 0 Å². The quantitative estimate of drug-likeness (QED) is 0.798. The van der Waals surface area contributed by atoms with Crippen LogP contribution < -0.4 is 5.73 Å². The van der Waals surface area contributed by atoms with Gasteiger partial charge in [0.15, 0.2) is 0 Å². The molecule has 0 bridgehead atoms. The Labute approximate surface area is 123 Å². The van der Waals surface area contributed by atoms with E-state index in [-0.39, 0.29) is 12.1 Å². The van der Waals surface area contributed by atoms with E-state index in [1.165, 1.54) is 0 Å². The van der Waals surface area contributed by atoms with Crippen molar-refractivity contribution >= 4 is 10.9 Å². The van der Waals surface area contributed by atoms with Crippen LogP contribution in [0.15, 0.2) is 42.9 Å². The highest BCUT2D eigenvalue weighted by atomic mass is 15.3. The summed E-state index contributed by atoms with van der Waals surface area (Å²) in [5.41, 5.74) is 8.42. The van der Waals surface area contributed by atoms with Crippen LogP contribution in [0.3, 0.4) is 0 Å². The van der Waals surface area contributed by atoms with Crippen LogP contribution in [0.25, 0.3) is 10.9 Å². The van der Waals surface area contributed by atoms with Gasteiger partial charge in [0, 0.05) is 30.1 Å². The Hall–Kier alpha value is -2.27. The minimum Gasteiger partial charge on any atom is -0.324 e. The second-order valence-electron chi connectivity index (χ2n) is 5.48. The van der Waals surface area contributed by atoms with E-state index in [1.807, 2.05) is 22.9 Å². The van der Waals surface area contributed by atoms with E-state index < -0.39 is 0 Å². The zero-order valence-electron chi connectivity index (χ0n) is 12.3. The van der Waals surface area contributed by atoms with E-state index in [9.17, 15) is 0 Å². The number of fused-ring (bicyclic) bond motifs is 1. The van der Waals surface area contributed by atoms with E-state index >= 15 is 0 Å². The predicted molar refractivity (Wildman–Crippen MR) is 82.8 cm³/mol. The lowest BCUT2D eigenvalue weighted by molar-refractivity contribution is 0.493.